The largest absolute Gasteiger partial charge is 0.477 e. The molecule has 0 atom stereocenters. The van der Waals surface area contributed by atoms with Crippen LogP contribution in [0.4, 0.5) is 5.13 Å². The number of rotatable bonds is 3. The van der Waals surface area contributed by atoms with E-state index in [1.807, 2.05) is 5.38 Å². The molecule has 0 aliphatic carbocycles. The molecule has 0 amide bonds. The lowest BCUT2D eigenvalue weighted by Crippen LogP contribution is -2.35. The van der Waals surface area contributed by atoms with Crippen molar-refractivity contribution < 1.29 is 9.90 Å². The van der Waals surface area contributed by atoms with Gasteiger partial charge in [0.15, 0.2) is 11.1 Å². The Kier molecular flexibility index (Phi) is 3.78. The van der Waals surface area contributed by atoms with Gasteiger partial charge in [-0.3, -0.25) is 4.99 Å². The molecule has 3 rings (SSSR count). The number of aromatic nitrogens is 2. The molecule has 1 aliphatic heterocycles. The first-order chi connectivity index (χ1) is 10.2. The summed E-state index contributed by atoms with van der Waals surface area (Å²) in [6, 6.07) is 4.85. The number of hydrogen-bond donors (Lipinski definition) is 3. The third-order valence-corrected chi connectivity index (χ3v) is 3.62. The second-order valence-corrected chi connectivity index (χ2v) is 5.24. The average molecular weight is 303 g/mol. The van der Waals surface area contributed by atoms with Gasteiger partial charge < -0.3 is 15.7 Å². The normalized spacial score (nSPS) is 14.2. The number of carbonyl (C=O) groups is 1. The highest BCUT2D eigenvalue weighted by Crippen LogP contribution is 2.23. The molecule has 3 heterocycles. The van der Waals surface area contributed by atoms with Crippen molar-refractivity contribution in [3.05, 3.63) is 29.3 Å². The van der Waals surface area contributed by atoms with E-state index in [4.69, 9.17) is 5.11 Å². The van der Waals surface area contributed by atoms with Crippen LogP contribution in [0.15, 0.2) is 28.6 Å². The molecule has 0 aromatic carbocycles. The lowest BCUT2D eigenvalue weighted by molar-refractivity contribution is 0.0690. The Morgan fingerprint density at radius 2 is 2.24 bits per heavy atom. The number of nitrogens with one attached hydrogen (secondary N) is 2. The van der Waals surface area contributed by atoms with Crippen molar-refractivity contribution in [2.45, 2.75) is 6.42 Å². The number of pyridine rings is 1. The smallest absolute Gasteiger partial charge is 0.354 e. The van der Waals surface area contributed by atoms with Crippen LogP contribution in [0, 0.1) is 0 Å². The summed E-state index contributed by atoms with van der Waals surface area (Å²) in [7, 11) is 0. The first-order valence-electron chi connectivity index (χ1n) is 6.44. The van der Waals surface area contributed by atoms with Crippen molar-refractivity contribution in [2.75, 3.05) is 18.4 Å². The standard InChI is InChI=1S/C13H13N5O2S/c19-11(20)9-4-1-3-8(16-9)10-7-21-13(17-10)18-12-14-5-2-6-15-12/h1,3-4,7H,2,5-6H2,(H,19,20)(H2,14,15,17,18). The maximum atomic E-state index is 10.9. The molecule has 0 spiro atoms. The number of hydrogen-bond acceptors (Lipinski definition) is 7. The lowest BCUT2D eigenvalue weighted by Gasteiger charge is -2.14. The van der Waals surface area contributed by atoms with Crippen LogP contribution in [0.25, 0.3) is 11.4 Å². The Labute approximate surface area is 124 Å². The summed E-state index contributed by atoms with van der Waals surface area (Å²) >= 11 is 1.42. The van der Waals surface area contributed by atoms with Gasteiger partial charge in [-0.05, 0) is 18.6 Å². The summed E-state index contributed by atoms with van der Waals surface area (Å²) < 4.78 is 0. The van der Waals surface area contributed by atoms with Gasteiger partial charge in [-0.25, -0.2) is 14.8 Å². The number of carboxylic acids is 1. The minimum atomic E-state index is -1.05. The third-order valence-electron chi connectivity index (χ3n) is 2.86. The molecule has 0 bridgehead atoms. The van der Waals surface area contributed by atoms with Gasteiger partial charge in [0.1, 0.15) is 11.4 Å². The molecular formula is C13H13N5O2S. The van der Waals surface area contributed by atoms with Crippen LogP contribution in [-0.2, 0) is 0 Å². The van der Waals surface area contributed by atoms with Crippen LogP contribution in [0.2, 0.25) is 0 Å². The van der Waals surface area contributed by atoms with E-state index < -0.39 is 5.97 Å². The SMILES string of the molecule is O=C(O)c1cccc(-c2csc(NC3=NCCCN3)n2)n1. The van der Waals surface area contributed by atoms with Gasteiger partial charge in [0.25, 0.3) is 0 Å². The molecule has 2 aromatic heterocycles. The minimum Gasteiger partial charge on any atom is -0.477 e. The van der Waals surface area contributed by atoms with Crippen LogP contribution in [0.3, 0.4) is 0 Å². The van der Waals surface area contributed by atoms with Crippen LogP contribution in [0.5, 0.6) is 0 Å². The molecule has 0 saturated carbocycles. The van der Waals surface area contributed by atoms with Gasteiger partial charge in [0, 0.05) is 18.5 Å². The van der Waals surface area contributed by atoms with Crippen molar-refractivity contribution >= 4 is 28.4 Å². The highest BCUT2D eigenvalue weighted by atomic mass is 32.1. The molecule has 8 heteroatoms. The number of aromatic carboxylic acids is 1. The number of guanidine groups is 1. The van der Waals surface area contributed by atoms with E-state index >= 15 is 0 Å². The van der Waals surface area contributed by atoms with E-state index in [1.54, 1.807) is 12.1 Å². The maximum Gasteiger partial charge on any atom is 0.354 e. The topological polar surface area (TPSA) is 99.5 Å². The van der Waals surface area contributed by atoms with Gasteiger partial charge in [-0.15, -0.1) is 11.3 Å². The van der Waals surface area contributed by atoms with Crippen molar-refractivity contribution in [2.24, 2.45) is 4.99 Å². The van der Waals surface area contributed by atoms with Gasteiger partial charge in [-0.2, -0.15) is 0 Å². The van der Waals surface area contributed by atoms with Gasteiger partial charge in [0.2, 0.25) is 0 Å². The summed E-state index contributed by atoms with van der Waals surface area (Å²) in [5, 5.41) is 17.8. The van der Waals surface area contributed by atoms with Crippen LogP contribution in [0.1, 0.15) is 16.9 Å². The van der Waals surface area contributed by atoms with Crippen LogP contribution in [-0.4, -0.2) is 40.1 Å². The lowest BCUT2D eigenvalue weighted by atomic mass is 10.2. The molecule has 2 aromatic rings. The first kappa shape index (κ1) is 13.5. The van der Waals surface area contributed by atoms with Crippen LogP contribution >= 0.6 is 11.3 Å². The molecule has 0 saturated heterocycles. The van der Waals surface area contributed by atoms with E-state index in [9.17, 15) is 4.79 Å². The molecule has 0 radical (unpaired) electrons. The summed E-state index contributed by atoms with van der Waals surface area (Å²) in [6.07, 6.45) is 1.03. The van der Waals surface area contributed by atoms with E-state index in [-0.39, 0.29) is 5.69 Å². The van der Waals surface area contributed by atoms with Gasteiger partial charge in [-0.1, -0.05) is 6.07 Å². The molecule has 0 fully saturated rings. The Bertz CT molecular complexity index is 697. The summed E-state index contributed by atoms with van der Waals surface area (Å²) in [5.41, 5.74) is 1.19. The molecule has 3 N–H and O–H groups in total. The minimum absolute atomic E-state index is 0.00771. The summed E-state index contributed by atoms with van der Waals surface area (Å²) in [4.78, 5) is 23.7. The summed E-state index contributed by atoms with van der Waals surface area (Å²) in [6.45, 7) is 1.70. The summed E-state index contributed by atoms with van der Waals surface area (Å²) in [5.74, 6) is -0.333. The second-order valence-electron chi connectivity index (χ2n) is 4.39. The zero-order valence-corrected chi connectivity index (χ0v) is 11.9. The first-order valence-corrected chi connectivity index (χ1v) is 7.32. The van der Waals surface area contributed by atoms with Crippen molar-refractivity contribution in [3.63, 3.8) is 0 Å². The van der Waals surface area contributed by atoms with Crippen LogP contribution < -0.4 is 10.6 Å². The van der Waals surface area contributed by atoms with Crippen molar-refractivity contribution in [1.82, 2.24) is 15.3 Å². The molecule has 21 heavy (non-hydrogen) atoms. The third kappa shape index (κ3) is 3.16. The van der Waals surface area contributed by atoms with Gasteiger partial charge >= 0.3 is 5.97 Å². The maximum absolute atomic E-state index is 10.9. The van der Waals surface area contributed by atoms with E-state index in [1.165, 1.54) is 17.4 Å². The predicted molar refractivity (Wildman–Crippen MR) is 80.8 cm³/mol. The fourth-order valence-electron chi connectivity index (χ4n) is 1.86. The van der Waals surface area contributed by atoms with E-state index in [0.717, 1.165) is 25.5 Å². The number of aliphatic imine (C=N–C) groups is 1. The Morgan fingerprint density at radius 1 is 1.33 bits per heavy atom. The van der Waals surface area contributed by atoms with Gasteiger partial charge in [0.05, 0.1) is 5.69 Å². The molecule has 7 nitrogen and oxygen atoms in total. The van der Waals surface area contributed by atoms with Crippen molar-refractivity contribution in [3.8, 4) is 11.4 Å². The highest BCUT2D eigenvalue weighted by molar-refractivity contribution is 7.14. The Hall–Kier alpha value is -2.48. The average Bonchev–Trinajstić information content (AvgIpc) is 2.97. The van der Waals surface area contributed by atoms with E-state index in [0.29, 0.717) is 16.5 Å². The molecule has 1 aliphatic rings. The zero-order valence-electron chi connectivity index (χ0n) is 11.0. The Morgan fingerprint density at radius 3 is 3.00 bits per heavy atom. The fraction of sp³-hybridized carbons (Fsp3) is 0.231. The molecule has 108 valence electrons. The number of carboxylic acid groups (broad SMARTS) is 1. The Balaban J connectivity index is 1.79. The van der Waals surface area contributed by atoms with Crippen molar-refractivity contribution in [1.29, 1.82) is 0 Å². The molecular weight excluding hydrogens is 290 g/mol. The fourth-order valence-corrected chi connectivity index (χ4v) is 2.57. The number of nitrogens with zero attached hydrogens (tertiary/aromatic N) is 3. The quantitative estimate of drug-likeness (QED) is 0.797. The second kappa shape index (κ2) is 5.88. The number of thiazole rings is 1. The van der Waals surface area contributed by atoms with E-state index in [2.05, 4.69) is 25.6 Å². The monoisotopic (exact) mass is 303 g/mol. The zero-order chi connectivity index (χ0) is 14.7. The predicted octanol–water partition coefficient (Wildman–Crippen LogP) is 1.66. The molecule has 0 unspecified atom stereocenters. The number of anilines is 1. The highest BCUT2D eigenvalue weighted by Gasteiger charge is 2.11.